The second-order valence-electron chi connectivity index (χ2n) is 7.54. The van der Waals surface area contributed by atoms with Gasteiger partial charge in [0.25, 0.3) is 0 Å². The lowest BCUT2D eigenvalue weighted by Crippen LogP contribution is -2.47. The fraction of sp³-hybridized carbons (Fsp3) is 0.217. The molecule has 1 N–H and O–H groups in total. The van der Waals surface area contributed by atoms with Crippen molar-refractivity contribution in [1.29, 1.82) is 0 Å². The number of aromatic nitrogens is 2. The monoisotopic (exact) mass is 355 g/mol. The number of aryl methyl sites for hydroxylation is 1. The van der Waals surface area contributed by atoms with Crippen LogP contribution in [-0.4, -0.2) is 34.1 Å². The number of hydrogen-bond acceptors (Lipinski definition) is 2. The van der Waals surface area contributed by atoms with E-state index in [0.717, 1.165) is 25.0 Å². The van der Waals surface area contributed by atoms with Crippen molar-refractivity contribution in [2.75, 3.05) is 13.1 Å². The summed E-state index contributed by atoms with van der Waals surface area (Å²) in [6.45, 7) is 7.31. The first-order chi connectivity index (χ1) is 13.1. The van der Waals surface area contributed by atoms with Crippen LogP contribution in [0.25, 0.3) is 22.6 Å². The zero-order chi connectivity index (χ0) is 18.5. The second kappa shape index (κ2) is 5.95. The summed E-state index contributed by atoms with van der Waals surface area (Å²) in [5.41, 5.74) is 9.00. The summed E-state index contributed by atoms with van der Waals surface area (Å²) >= 11 is 0. The molecule has 0 atom stereocenters. The van der Waals surface area contributed by atoms with Crippen molar-refractivity contribution >= 4 is 28.5 Å². The van der Waals surface area contributed by atoms with Crippen LogP contribution in [-0.2, 0) is 11.2 Å². The van der Waals surface area contributed by atoms with Gasteiger partial charge >= 0.3 is 0 Å². The average molecular weight is 355 g/mol. The molecule has 0 spiro atoms. The van der Waals surface area contributed by atoms with Crippen LogP contribution in [0.2, 0.25) is 0 Å². The summed E-state index contributed by atoms with van der Waals surface area (Å²) in [6, 6.07) is 11.0. The molecule has 2 heterocycles. The summed E-state index contributed by atoms with van der Waals surface area (Å²) in [4.78, 5) is 13.5. The number of aromatic amines is 1. The van der Waals surface area contributed by atoms with E-state index in [-0.39, 0.29) is 5.91 Å². The predicted octanol–water partition coefficient (Wildman–Crippen LogP) is 4.08. The van der Waals surface area contributed by atoms with Gasteiger partial charge in [-0.2, -0.15) is 5.10 Å². The lowest BCUT2D eigenvalue weighted by Gasteiger charge is -2.39. The first-order valence-corrected chi connectivity index (χ1v) is 9.32. The molecule has 4 heteroatoms. The number of benzene rings is 2. The van der Waals surface area contributed by atoms with Crippen molar-refractivity contribution in [1.82, 2.24) is 15.1 Å². The van der Waals surface area contributed by atoms with E-state index >= 15 is 0 Å². The van der Waals surface area contributed by atoms with Gasteiger partial charge in [-0.25, -0.2) is 0 Å². The van der Waals surface area contributed by atoms with Crippen LogP contribution in [0.5, 0.6) is 0 Å². The van der Waals surface area contributed by atoms with E-state index in [2.05, 4.69) is 60.1 Å². The zero-order valence-corrected chi connectivity index (χ0v) is 15.3. The first kappa shape index (κ1) is 16.1. The highest BCUT2D eigenvalue weighted by atomic mass is 16.2. The highest BCUT2D eigenvalue weighted by molar-refractivity contribution is 6.00. The van der Waals surface area contributed by atoms with Crippen molar-refractivity contribution < 1.29 is 4.79 Å². The number of fused-ring (bicyclic) bond motifs is 2. The van der Waals surface area contributed by atoms with Gasteiger partial charge in [0.15, 0.2) is 0 Å². The van der Waals surface area contributed by atoms with E-state index in [0.29, 0.717) is 5.92 Å². The fourth-order valence-electron chi connectivity index (χ4n) is 4.33. The van der Waals surface area contributed by atoms with Gasteiger partial charge in [-0.1, -0.05) is 36.9 Å². The molecule has 3 aromatic rings. The highest BCUT2D eigenvalue weighted by Crippen LogP contribution is 2.38. The van der Waals surface area contributed by atoms with Crippen LogP contribution in [0.3, 0.4) is 0 Å². The van der Waals surface area contributed by atoms with Gasteiger partial charge in [-0.3, -0.25) is 9.89 Å². The molecule has 27 heavy (non-hydrogen) atoms. The van der Waals surface area contributed by atoms with Crippen molar-refractivity contribution in [2.24, 2.45) is 0 Å². The molecule has 1 aliphatic carbocycles. The number of likely N-dealkylation sites (tertiary alicyclic amines) is 1. The minimum atomic E-state index is 0.0278. The third-order valence-corrected chi connectivity index (χ3v) is 5.87. The number of nitrogens with one attached hydrogen (secondary N) is 1. The maximum absolute atomic E-state index is 11.7. The molecule has 1 amide bonds. The van der Waals surface area contributed by atoms with Gasteiger partial charge in [-0.15, -0.1) is 0 Å². The van der Waals surface area contributed by atoms with Crippen LogP contribution in [0, 0.1) is 6.92 Å². The molecule has 0 radical (unpaired) electrons. The Bertz CT molecular complexity index is 1120. The van der Waals surface area contributed by atoms with Gasteiger partial charge in [0.05, 0.1) is 11.7 Å². The van der Waals surface area contributed by atoms with Gasteiger partial charge in [0.1, 0.15) is 0 Å². The van der Waals surface area contributed by atoms with E-state index < -0.39 is 0 Å². The lowest BCUT2D eigenvalue weighted by atomic mass is 9.89. The molecule has 1 saturated heterocycles. The number of H-pyrrole nitrogens is 1. The Labute approximate surface area is 158 Å². The minimum absolute atomic E-state index is 0.0278. The quantitative estimate of drug-likeness (QED) is 0.720. The number of carbonyl (C=O) groups excluding carboxylic acids is 1. The van der Waals surface area contributed by atoms with E-state index in [1.54, 1.807) is 0 Å². The largest absolute Gasteiger partial charge is 0.338 e. The van der Waals surface area contributed by atoms with Crippen LogP contribution >= 0.6 is 0 Å². The van der Waals surface area contributed by atoms with Crippen LogP contribution in [0.15, 0.2) is 49.2 Å². The van der Waals surface area contributed by atoms with Crippen molar-refractivity contribution in [3.05, 3.63) is 77.0 Å². The average Bonchev–Trinajstić information content (AvgIpc) is 3.26. The Morgan fingerprint density at radius 3 is 2.96 bits per heavy atom. The van der Waals surface area contributed by atoms with E-state index in [4.69, 9.17) is 0 Å². The van der Waals surface area contributed by atoms with Crippen LogP contribution in [0.4, 0.5) is 0 Å². The molecule has 5 rings (SSSR count). The molecule has 0 saturated carbocycles. The number of amides is 1. The van der Waals surface area contributed by atoms with Crippen LogP contribution < -0.4 is 0 Å². The number of hydrogen-bond donors (Lipinski definition) is 1. The zero-order valence-electron chi connectivity index (χ0n) is 15.3. The van der Waals surface area contributed by atoms with Gasteiger partial charge in [0.2, 0.25) is 5.91 Å². The Balaban J connectivity index is 1.42. The molecule has 4 nitrogen and oxygen atoms in total. The number of rotatable bonds is 3. The molecule has 0 bridgehead atoms. The van der Waals surface area contributed by atoms with Gasteiger partial charge < -0.3 is 4.90 Å². The molecule has 0 unspecified atom stereocenters. The second-order valence-corrected chi connectivity index (χ2v) is 7.54. The summed E-state index contributed by atoms with van der Waals surface area (Å²) in [5, 5.41) is 8.48. The van der Waals surface area contributed by atoms with E-state index in [9.17, 15) is 4.79 Å². The molecular weight excluding hydrogens is 334 g/mol. The maximum Gasteiger partial charge on any atom is 0.245 e. The summed E-state index contributed by atoms with van der Waals surface area (Å²) < 4.78 is 0. The minimum Gasteiger partial charge on any atom is -0.338 e. The summed E-state index contributed by atoms with van der Waals surface area (Å²) in [6.07, 6.45) is 6.57. The SMILES string of the molecule is C=CC(=O)N1CC(c2ccc3c(c2)CC(c2c(C)ccc4[nH]ncc24)=C3)C1. The molecular formula is C23H21N3O. The number of nitrogens with zero attached hydrogens (tertiary/aromatic N) is 2. The standard InChI is InChI=1S/C23H21N3O/c1-3-22(27)26-12-19(13-26)16-6-5-15-9-18(10-17(15)8-16)23-14(2)4-7-21-20(23)11-24-25-21/h3-9,11,19H,1,10,12-13H2,2H3,(H,24,25). The summed E-state index contributed by atoms with van der Waals surface area (Å²) in [7, 11) is 0. The van der Waals surface area contributed by atoms with Crippen LogP contribution in [0.1, 0.15) is 33.7 Å². The third kappa shape index (κ3) is 2.52. The topological polar surface area (TPSA) is 49.0 Å². The van der Waals surface area contributed by atoms with Crippen molar-refractivity contribution in [3.8, 4) is 0 Å². The fourth-order valence-corrected chi connectivity index (χ4v) is 4.33. The Kier molecular flexibility index (Phi) is 3.54. The van der Waals surface area contributed by atoms with E-state index in [1.165, 1.54) is 44.9 Å². The number of allylic oxidation sites excluding steroid dienone is 1. The molecule has 1 aromatic heterocycles. The molecule has 2 aliphatic rings. The smallest absolute Gasteiger partial charge is 0.245 e. The molecule has 1 fully saturated rings. The Morgan fingerprint density at radius 1 is 1.30 bits per heavy atom. The van der Waals surface area contributed by atoms with Gasteiger partial charge in [0, 0.05) is 24.4 Å². The predicted molar refractivity (Wildman–Crippen MR) is 108 cm³/mol. The van der Waals surface area contributed by atoms with Gasteiger partial charge in [-0.05, 0) is 58.9 Å². The Hall–Kier alpha value is -3.14. The summed E-state index contributed by atoms with van der Waals surface area (Å²) in [5.74, 6) is 0.460. The molecule has 134 valence electrons. The van der Waals surface area contributed by atoms with Crippen molar-refractivity contribution in [3.63, 3.8) is 0 Å². The maximum atomic E-state index is 11.7. The molecule has 1 aliphatic heterocycles. The van der Waals surface area contributed by atoms with Crippen molar-refractivity contribution in [2.45, 2.75) is 19.3 Å². The molecule has 2 aromatic carbocycles. The first-order valence-electron chi connectivity index (χ1n) is 9.32. The lowest BCUT2D eigenvalue weighted by molar-refractivity contribution is -0.130. The Morgan fingerprint density at radius 2 is 2.15 bits per heavy atom. The normalized spacial score (nSPS) is 16.2. The number of carbonyl (C=O) groups is 1. The highest BCUT2D eigenvalue weighted by Gasteiger charge is 2.31. The third-order valence-electron chi connectivity index (χ3n) is 5.87. The van der Waals surface area contributed by atoms with E-state index in [1.807, 2.05) is 11.1 Å².